The number of rotatable bonds is 5. The predicted molar refractivity (Wildman–Crippen MR) is 86.1 cm³/mol. The van der Waals surface area contributed by atoms with Gasteiger partial charge in [-0.3, -0.25) is 9.59 Å². The van der Waals surface area contributed by atoms with Gasteiger partial charge in [0.05, 0.1) is 0 Å². The zero-order chi connectivity index (χ0) is 15.1. The summed E-state index contributed by atoms with van der Waals surface area (Å²) in [7, 11) is 1.56. The first kappa shape index (κ1) is 14.8. The van der Waals surface area contributed by atoms with Crippen molar-refractivity contribution in [1.29, 1.82) is 0 Å². The number of hydrogen-bond donors (Lipinski definition) is 2. The Bertz CT molecular complexity index is 607. The molecule has 0 radical (unpaired) electrons. The molecular formula is C17H22N2O2. The summed E-state index contributed by atoms with van der Waals surface area (Å²) in [4.78, 5) is 24.1. The second-order valence-electron chi connectivity index (χ2n) is 4.70. The molecule has 0 fully saturated rings. The molecule has 1 atom stereocenters. The second-order valence-corrected chi connectivity index (χ2v) is 4.70. The molecule has 0 aliphatic rings. The van der Waals surface area contributed by atoms with Gasteiger partial charge in [0.25, 0.3) is 5.91 Å². The lowest BCUT2D eigenvalue weighted by molar-refractivity contribution is -0.122. The van der Waals surface area contributed by atoms with Crippen LogP contribution in [0.25, 0.3) is 0 Å². The molecule has 4 heteroatoms. The summed E-state index contributed by atoms with van der Waals surface area (Å²) < 4.78 is 0. The first-order valence-corrected chi connectivity index (χ1v) is 6.82. The summed E-state index contributed by atoms with van der Waals surface area (Å²) in [5.41, 5.74) is 1.54. The Labute approximate surface area is 127 Å². The highest BCUT2D eigenvalue weighted by Crippen LogP contribution is 2.05. The first-order valence-electron chi connectivity index (χ1n) is 6.82. The van der Waals surface area contributed by atoms with E-state index in [0.717, 1.165) is 5.56 Å². The van der Waals surface area contributed by atoms with Gasteiger partial charge in [0, 0.05) is 21.9 Å². The molecule has 0 bridgehead atoms. The van der Waals surface area contributed by atoms with Crippen LogP contribution in [0.5, 0.6) is 0 Å². The fourth-order valence-electron chi connectivity index (χ4n) is 2.06. The molecule has 0 aromatic heterocycles. The molecule has 2 amide bonds. The molecule has 0 saturated carbocycles. The summed E-state index contributed by atoms with van der Waals surface area (Å²) in [6.07, 6.45) is 0.457. The van der Waals surface area contributed by atoms with Crippen molar-refractivity contribution in [1.82, 2.24) is 10.6 Å². The standard InChI is InChI=1S/C17H18N2O2.2H2/c1-18-17(21)15(12-13-8-4-2-5-9-13)19-16(20)14-10-6-3-7-11-14;;/h2-11,15H,12H2,1H3,(H,18,21)(H,19,20);2*1H/t15-;;/m0../s1. The SMILES string of the molecule is CNC(=O)[C@H](Cc1ccccc1)NC(=O)c1ccccc1.[HH].[HH]. The van der Waals surface area contributed by atoms with Gasteiger partial charge >= 0.3 is 0 Å². The van der Waals surface area contributed by atoms with Crippen molar-refractivity contribution in [3.63, 3.8) is 0 Å². The molecule has 4 nitrogen and oxygen atoms in total. The van der Waals surface area contributed by atoms with E-state index in [1.807, 2.05) is 36.4 Å². The maximum Gasteiger partial charge on any atom is 0.251 e. The number of nitrogens with one attached hydrogen (secondary N) is 2. The summed E-state index contributed by atoms with van der Waals surface area (Å²) in [6, 6.07) is 17.9. The van der Waals surface area contributed by atoms with Gasteiger partial charge in [0.1, 0.15) is 6.04 Å². The Morgan fingerprint density at radius 2 is 1.57 bits per heavy atom. The summed E-state index contributed by atoms with van der Waals surface area (Å²) in [5.74, 6) is -0.455. The van der Waals surface area contributed by atoms with E-state index >= 15 is 0 Å². The molecule has 0 aliphatic carbocycles. The number of benzene rings is 2. The minimum Gasteiger partial charge on any atom is -0.357 e. The predicted octanol–water partition coefficient (Wildman–Crippen LogP) is 2.27. The lowest BCUT2D eigenvalue weighted by Gasteiger charge is -2.17. The van der Waals surface area contributed by atoms with Crippen molar-refractivity contribution in [2.75, 3.05) is 7.05 Å². The molecule has 0 saturated heterocycles. The van der Waals surface area contributed by atoms with E-state index < -0.39 is 6.04 Å². The third-order valence-corrected chi connectivity index (χ3v) is 3.19. The first-order chi connectivity index (χ1) is 10.2. The van der Waals surface area contributed by atoms with E-state index in [1.165, 1.54) is 0 Å². The van der Waals surface area contributed by atoms with Crippen LogP contribution in [0.15, 0.2) is 60.7 Å². The van der Waals surface area contributed by atoms with Gasteiger partial charge in [-0.05, 0) is 17.7 Å². The molecule has 2 aromatic rings. The monoisotopic (exact) mass is 286 g/mol. The number of amides is 2. The Hall–Kier alpha value is -2.62. The van der Waals surface area contributed by atoms with Crippen LogP contribution in [0.4, 0.5) is 0 Å². The Morgan fingerprint density at radius 3 is 2.14 bits per heavy atom. The van der Waals surface area contributed by atoms with Crippen molar-refractivity contribution in [2.45, 2.75) is 12.5 Å². The van der Waals surface area contributed by atoms with Gasteiger partial charge in [-0.15, -0.1) is 0 Å². The highest BCUT2D eigenvalue weighted by atomic mass is 16.2. The van der Waals surface area contributed by atoms with Gasteiger partial charge in [0.15, 0.2) is 0 Å². The molecule has 112 valence electrons. The molecular weight excluding hydrogens is 264 g/mol. The minimum atomic E-state index is -0.592. The molecule has 0 aliphatic heterocycles. The van der Waals surface area contributed by atoms with Gasteiger partial charge in [-0.2, -0.15) is 0 Å². The van der Waals surface area contributed by atoms with Gasteiger partial charge < -0.3 is 10.6 Å². The minimum absolute atomic E-state index is 0. The Kier molecular flexibility index (Phi) is 5.10. The zero-order valence-corrected chi connectivity index (χ0v) is 11.9. The van der Waals surface area contributed by atoms with Crippen LogP contribution < -0.4 is 10.6 Å². The van der Waals surface area contributed by atoms with E-state index in [9.17, 15) is 9.59 Å². The zero-order valence-electron chi connectivity index (χ0n) is 11.9. The van der Waals surface area contributed by atoms with E-state index in [0.29, 0.717) is 12.0 Å². The largest absolute Gasteiger partial charge is 0.357 e. The van der Waals surface area contributed by atoms with Crippen LogP contribution in [0.1, 0.15) is 18.8 Å². The highest BCUT2D eigenvalue weighted by molar-refractivity contribution is 5.97. The number of carbonyl (C=O) groups is 2. The fourth-order valence-corrected chi connectivity index (χ4v) is 2.06. The maximum atomic E-state index is 12.2. The van der Waals surface area contributed by atoms with Crippen molar-refractivity contribution < 1.29 is 12.4 Å². The van der Waals surface area contributed by atoms with Crippen molar-refractivity contribution >= 4 is 11.8 Å². The van der Waals surface area contributed by atoms with Crippen LogP contribution in [-0.4, -0.2) is 24.9 Å². The average Bonchev–Trinajstić information content (AvgIpc) is 2.55. The molecule has 21 heavy (non-hydrogen) atoms. The number of hydrogen-bond acceptors (Lipinski definition) is 2. The summed E-state index contributed by atoms with van der Waals surface area (Å²) >= 11 is 0. The average molecular weight is 286 g/mol. The molecule has 0 spiro atoms. The van der Waals surface area contributed by atoms with E-state index in [4.69, 9.17) is 0 Å². The van der Waals surface area contributed by atoms with Gasteiger partial charge in [0.2, 0.25) is 5.91 Å². The number of carbonyl (C=O) groups excluding carboxylic acids is 2. The highest BCUT2D eigenvalue weighted by Gasteiger charge is 2.20. The topological polar surface area (TPSA) is 58.2 Å². The molecule has 2 rings (SSSR count). The maximum absolute atomic E-state index is 12.2. The van der Waals surface area contributed by atoms with Crippen LogP contribution >= 0.6 is 0 Å². The van der Waals surface area contributed by atoms with E-state index in [-0.39, 0.29) is 14.7 Å². The summed E-state index contributed by atoms with van der Waals surface area (Å²) in [5, 5.41) is 5.37. The fraction of sp³-hybridized carbons (Fsp3) is 0.176. The quantitative estimate of drug-likeness (QED) is 0.886. The third kappa shape index (κ3) is 4.18. The Balaban J connectivity index is 0.00000242. The van der Waals surface area contributed by atoms with Crippen molar-refractivity contribution in [2.24, 2.45) is 0 Å². The van der Waals surface area contributed by atoms with Crippen molar-refractivity contribution in [3.8, 4) is 0 Å². The van der Waals surface area contributed by atoms with Crippen molar-refractivity contribution in [3.05, 3.63) is 71.8 Å². The van der Waals surface area contributed by atoms with Gasteiger partial charge in [-0.25, -0.2) is 0 Å². The van der Waals surface area contributed by atoms with E-state index in [2.05, 4.69) is 10.6 Å². The van der Waals surface area contributed by atoms with Crippen LogP contribution in [0, 0.1) is 0 Å². The molecule has 0 unspecified atom stereocenters. The Morgan fingerprint density at radius 1 is 1.00 bits per heavy atom. The lowest BCUT2D eigenvalue weighted by Crippen LogP contribution is -2.47. The summed E-state index contributed by atoms with van der Waals surface area (Å²) in [6.45, 7) is 0. The molecule has 2 aromatic carbocycles. The smallest absolute Gasteiger partial charge is 0.251 e. The van der Waals surface area contributed by atoms with E-state index in [1.54, 1.807) is 31.3 Å². The van der Waals surface area contributed by atoms with Crippen LogP contribution in [0.3, 0.4) is 0 Å². The van der Waals surface area contributed by atoms with Crippen LogP contribution in [-0.2, 0) is 11.2 Å². The normalized spacial score (nSPS) is 11.5. The van der Waals surface area contributed by atoms with Crippen LogP contribution in [0.2, 0.25) is 0 Å². The third-order valence-electron chi connectivity index (χ3n) is 3.19. The molecule has 2 N–H and O–H groups in total. The molecule has 0 heterocycles. The second kappa shape index (κ2) is 7.24. The van der Waals surface area contributed by atoms with Gasteiger partial charge in [-0.1, -0.05) is 48.5 Å². The lowest BCUT2D eigenvalue weighted by atomic mass is 10.0. The number of likely N-dealkylation sites (N-methyl/N-ethyl adjacent to an activating group) is 1.